The van der Waals surface area contributed by atoms with Crippen molar-refractivity contribution in [2.75, 3.05) is 7.05 Å². The molecule has 2 heteroatoms. The van der Waals surface area contributed by atoms with Crippen molar-refractivity contribution in [1.29, 1.82) is 0 Å². The van der Waals surface area contributed by atoms with Gasteiger partial charge in [-0.05, 0) is 23.8 Å². The van der Waals surface area contributed by atoms with Gasteiger partial charge in [-0.3, -0.25) is 0 Å². The highest BCUT2D eigenvalue weighted by atomic mass is 19.1. The highest BCUT2D eigenvalue weighted by Gasteiger charge is 2.42. The minimum atomic E-state index is -0.181. The molecule has 1 aliphatic heterocycles. The van der Waals surface area contributed by atoms with Gasteiger partial charge in [-0.1, -0.05) is 30.3 Å². The Morgan fingerprint density at radius 2 is 1.65 bits per heavy atom. The summed E-state index contributed by atoms with van der Waals surface area (Å²) in [7, 11) is 2.14. The molecule has 0 amide bonds. The number of halogens is 1. The molecule has 1 aliphatic rings. The molecule has 102 valence electrons. The minimum absolute atomic E-state index is 0.00591. The second-order valence-electron chi connectivity index (χ2n) is 5.91. The van der Waals surface area contributed by atoms with Gasteiger partial charge in [-0.25, -0.2) is 8.97 Å². The van der Waals surface area contributed by atoms with E-state index in [2.05, 4.69) is 49.7 Å². The van der Waals surface area contributed by atoms with Crippen LogP contribution in [0, 0.1) is 5.82 Å². The fourth-order valence-electron chi connectivity index (χ4n) is 2.98. The molecule has 1 nitrogen and oxygen atoms in total. The number of hydrogen-bond donors (Lipinski definition) is 0. The Hall–Kier alpha value is -1.96. The van der Waals surface area contributed by atoms with Crippen LogP contribution in [0.15, 0.2) is 48.5 Å². The Morgan fingerprint density at radius 3 is 2.35 bits per heavy atom. The van der Waals surface area contributed by atoms with Crippen molar-refractivity contribution in [1.82, 2.24) is 0 Å². The summed E-state index contributed by atoms with van der Waals surface area (Å²) in [4.78, 5) is 0. The van der Waals surface area contributed by atoms with E-state index in [9.17, 15) is 4.39 Å². The molecule has 0 fully saturated rings. The quantitative estimate of drug-likeness (QED) is 0.730. The standard InChI is InChI=1S/C18H19FN/c1-18(2)16-7-5-4-6-15(16)17(20(18)3)12-13-8-10-14(19)11-9-13/h4-11H,12H2,1-3H3/q+1. The molecule has 0 saturated carbocycles. The second-order valence-corrected chi connectivity index (χ2v) is 5.91. The van der Waals surface area contributed by atoms with Gasteiger partial charge in [0.2, 0.25) is 0 Å². The Kier molecular flexibility index (Phi) is 2.97. The third-order valence-corrected chi connectivity index (χ3v) is 4.43. The van der Waals surface area contributed by atoms with Crippen LogP contribution in [-0.2, 0) is 12.0 Å². The fourth-order valence-corrected chi connectivity index (χ4v) is 2.98. The van der Waals surface area contributed by atoms with Crippen molar-refractivity contribution in [3.63, 3.8) is 0 Å². The average Bonchev–Trinajstić information content (AvgIpc) is 2.63. The first kappa shape index (κ1) is 13.0. The molecule has 20 heavy (non-hydrogen) atoms. The van der Waals surface area contributed by atoms with E-state index in [-0.39, 0.29) is 11.4 Å². The van der Waals surface area contributed by atoms with E-state index in [0.29, 0.717) is 0 Å². The Labute approximate surface area is 119 Å². The molecular weight excluding hydrogens is 249 g/mol. The van der Waals surface area contributed by atoms with Crippen LogP contribution in [0.5, 0.6) is 0 Å². The lowest BCUT2D eigenvalue weighted by atomic mass is 9.92. The van der Waals surface area contributed by atoms with E-state index < -0.39 is 0 Å². The van der Waals surface area contributed by atoms with Crippen molar-refractivity contribution in [2.45, 2.75) is 25.8 Å². The zero-order valence-electron chi connectivity index (χ0n) is 12.2. The molecule has 0 N–H and O–H groups in total. The molecule has 0 spiro atoms. The summed E-state index contributed by atoms with van der Waals surface area (Å²) in [6, 6.07) is 15.3. The van der Waals surface area contributed by atoms with Gasteiger partial charge in [0.25, 0.3) is 0 Å². The number of benzene rings is 2. The molecule has 0 bridgehead atoms. The molecule has 0 aromatic heterocycles. The molecule has 3 rings (SSSR count). The molecule has 2 aromatic rings. The highest BCUT2D eigenvalue weighted by Crippen LogP contribution is 2.34. The van der Waals surface area contributed by atoms with Gasteiger partial charge in [0.05, 0.1) is 12.0 Å². The van der Waals surface area contributed by atoms with Gasteiger partial charge in [0, 0.05) is 19.4 Å². The zero-order valence-corrected chi connectivity index (χ0v) is 12.2. The van der Waals surface area contributed by atoms with Gasteiger partial charge in [0.1, 0.15) is 12.9 Å². The van der Waals surface area contributed by atoms with Crippen LogP contribution in [0.1, 0.15) is 30.5 Å². The van der Waals surface area contributed by atoms with E-state index in [4.69, 9.17) is 0 Å². The maximum Gasteiger partial charge on any atom is 0.188 e. The third-order valence-electron chi connectivity index (χ3n) is 4.43. The maximum atomic E-state index is 13.0. The van der Waals surface area contributed by atoms with Gasteiger partial charge >= 0.3 is 0 Å². The fraction of sp³-hybridized carbons (Fsp3) is 0.278. The van der Waals surface area contributed by atoms with Crippen molar-refractivity contribution in [3.05, 3.63) is 71.0 Å². The highest BCUT2D eigenvalue weighted by molar-refractivity contribution is 6.01. The van der Waals surface area contributed by atoms with E-state index in [1.54, 1.807) is 0 Å². The molecule has 0 atom stereocenters. The molecule has 0 aliphatic carbocycles. The first-order valence-corrected chi connectivity index (χ1v) is 6.94. The van der Waals surface area contributed by atoms with E-state index in [1.807, 2.05) is 12.1 Å². The van der Waals surface area contributed by atoms with Gasteiger partial charge in [0.15, 0.2) is 11.3 Å². The van der Waals surface area contributed by atoms with Crippen LogP contribution in [0.3, 0.4) is 0 Å². The Balaban J connectivity index is 2.04. The lowest BCUT2D eigenvalue weighted by Crippen LogP contribution is -2.29. The smallest absolute Gasteiger partial charge is 0.188 e. The zero-order chi connectivity index (χ0) is 14.3. The van der Waals surface area contributed by atoms with Crippen LogP contribution < -0.4 is 0 Å². The van der Waals surface area contributed by atoms with Crippen molar-refractivity contribution in [3.8, 4) is 0 Å². The summed E-state index contributed by atoms with van der Waals surface area (Å²) in [6.07, 6.45) is 0.831. The summed E-state index contributed by atoms with van der Waals surface area (Å²) in [5.74, 6) is -0.181. The van der Waals surface area contributed by atoms with Crippen LogP contribution in [0.2, 0.25) is 0 Å². The summed E-state index contributed by atoms with van der Waals surface area (Å²) >= 11 is 0. The van der Waals surface area contributed by atoms with Gasteiger partial charge in [-0.2, -0.15) is 0 Å². The monoisotopic (exact) mass is 268 g/mol. The van der Waals surface area contributed by atoms with Crippen LogP contribution in [0.25, 0.3) is 0 Å². The predicted molar refractivity (Wildman–Crippen MR) is 79.9 cm³/mol. The molecule has 0 unspecified atom stereocenters. The van der Waals surface area contributed by atoms with Gasteiger partial charge in [-0.15, -0.1) is 0 Å². The van der Waals surface area contributed by atoms with Crippen LogP contribution in [-0.4, -0.2) is 17.3 Å². The first-order chi connectivity index (χ1) is 9.50. The second kappa shape index (κ2) is 4.55. The van der Waals surface area contributed by atoms with Crippen LogP contribution >= 0.6 is 0 Å². The van der Waals surface area contributed by atoms with Crippen molar-refractivity contribution < 1.29 is 8.97 Å². The van der Waals surface area contributed by atoms with Crippen molar-refractivity contribution >= 4 is 5.71 Å². The molecule has 0 saturated heterocycles. The first-order valence-electron chi connectivity index (χ1n) is 6.94. The topological polar surface area (TPSA) is 3.01 Å². The number of hydrogen-bond acceptors (Lipinski definition) is 0. The minimum Gasteiger partial charge on any atom is -0.226 e. The number of nitrogens with zero attached hydrogens (tertiary/aromatic N) is 1. The maximum absolute atomic E-state index is 13.0. The van der Waals surface area contributed by atoms with E-state index in [0.717, 1.165) is 12.0 Å². The average molecular weight is 268 g/mol. The SMILES string of the molecule is C[N+]1=C(Cc2ccc(F)cc2)c2ccccc2C1(C)C. The number of fused-ring (bicyclic) bond motifs is 1. The van der Waals surface area contributed by atoms with Crippen molar-refractivity contribution in [2.24, 2.45) is 0 Å². The molecular formula is C18H19FN+. The molecule has 0 radical (unpaired) electrons. The number of rotatable bonds is 2. The lowest BCUT2D eigenvalue weighted by molar-refractivity contribution is -0.579. The summed E-state index contributed by atoms with van der Waals surface area (Å²) in [6.45, 7) is 4.48. The summed E-state index contributed by atoms with van der Waals surface area (Å²) < 4.78 is 15.4. The Bertz CT molecular complexity index is 681. The van der Waals surface area contributed by atoms with E-state index >= 15 is 0 Å². The summed E-state index contributed by atoms with van der Waals surface area (Å²) in [5, 5.41) is 0. The molecule has 2 aromatic carbocycles. The lowest BCUT2D eigenvalue weighted by Gasteiger charge is -2.15. The Morgan fingerprint density at radius 1 is 1.00 bits per heavy atom. The summed E-state index contributed by atoms with van der Waals surface area (Å²) in [5.41, 5.74) is 5.12. The normalized spacial score (nSPS) is 16.4. The van der Waals surface area contributed by atoms with Gasteiger partial charge < -0.3 is 0 Å². The van der Waals surface area contributed by atoms with Crippen LogP contribution in [0.4, 0.5) is 4.39 Å². The van der Waals surface area contributed by atoms with E-state index in [1.165, 1.54) is 29.0 Å². The largest absolute Gasteiger partial charge is 0.226 e. The molecule has 1 heterocycles. The predicted octanol–water partition coefficient (Wildman–Crippen LogP) is 3.75. The third kappa shape index (κ3) is 1.96.